The van der Waals surface area contributed by atoms with Crippen molar-refractivity contribution in [3.63, 3.8) is 0 Å². The summed E-state index contributed by atoms with van der Waals surface area (Å²) in [4.78, 5) is 14.9. The normalized spacial score (nSPS) is 25.6. The maximum Gasteiger partial charge on any atom is 0.221 e. The lowest BCUT2D eigenvalue weighted by molar-refractivity contribution is -0.119. The number of nitrogens with zero attached hydrogens (tertiary/aromatic N) is 1. The van der Waals surface area contributed by atoms with Gasteiger partial charge < -0.3 is 5.73 Å². The van der Waals surface area contributed by atoms with Crippen molar-refractivity contribution in [2.45, 2.75) is 19.3 Å². The van der Waals surface area contributed by atoms with E-state index in [1.165, 1.54) is 0 Å². The Morgan fingerprint density at radius 1 is 1.62 bits per heavy atom. The molecule has 0 saturated heterocycles. The highest BCUT2D eigenvalue weighted by atomic mass is 16.1. The SMILES string of the molecule is Cc1cncc(C2CC2C(N)=O)c1. The van der Waals surface area contributed by atoms with E-state index in [0.29, 0.717) is 5.92 Å². The molecule has 1 amide bonds. The van der Waals surface area contributed by atoms with Gasteiger partial charge in [0.05, 0.1) is 0 Å². The number of aromatic nitrogens is 1. The highest BCUT2D eigenvalue weighted by molar-refractivity contribution is 5.81. The van der Waals surface area contributed by atoms with Gasteiger partial charge in [0.15, 0.2) is 0 Å². The number of hydrogen-bond acceptors (Lipinski definition) is 2. The van der Waals surface area contributed by atoms with Gasteiger partial charge in [-0.25, -0.2) is 0 Å². The lowest BCUT2D eigenvalue weighted by Gasteiger charge is -1.98. The number of pyridine rings is 1. The molecule has 1 aliphatic carbocycles. The fourth-order valence-electron chi connectivity index (χ4n) is 1.66. The molecule has 1 fully saturated rings. The summed E-state index contributed by atoms with van der Waals surface area (Å²) in [5.41, 5.74) is 7.48. The van der Waals surface area contributed by atoms with E-state index in [4.69, 9.17) is 5.73 Å². The first-order valence-electron chi connectivity index (χ1n) is 4.39. The molecular weight excluding hydrogens is 164 g/mol. The molecule has 1 aromatic heterocycles. The van der Waals surface area contributed by atoms with Crippen molar-refractivity contribution >= 4 is 5.91 Å². The summed E-state index contributed by atoms with van der Waals surface area (Å²) >= 11 is 0. The van der Waals surface area contributed by atoms with Gasteiger partial charge in [-0.15, -0.1) is 0 Å². The fourth-order valence-corrected chi connectivity index (χ4v) is 1.66. The number of nitrogens with two attached hydrogens (primary N) is 1. The van der Waals surface area contributed by atoms with E-state index < -0.39 is 0 Å². The summed E-state index contributed by atoms with van der Waals surface area (Å²) in [6, 6.07) is 2.07. The summed E-state index contributed by atoms with van der Waals surface area (Å²) in [5.74, 6) is 0.181. The Kier molecular flexibility index (Phi) is 1.79. The number of primary amides is 1. The van der Waals surface area contributed by atoms with Gasteiger partial charge >= 0.3 is 0 Å². The molecule has 1 heterocycles. The van der Waals surface area contributed by atoms with Crippen molar-refractivity contribution in [2.24, 2.45) is 11.7 Å². The van der Waals surface area contributed by atoms with Crippen LogP contribution in [0.2, 0.25) is 0 Å². The molecule has 0 aliphatic heterocycles. The van der Waals surface area contributed by atoms with Gasteiger partial charge in [0.25, 0.3) is 0 Å². The highest BCUT2D eigenvalue weighted by Crippen LogP contribution is 2.46. The number of carbonyl (C=O) groups excluding carboxylic acids is 1. The van der Waals surface area contributed by atoms with Gasteiger partial charge in [-0.2, -0.15) is 0 Å². The van der Waals surface area contributed by atoms with Crippen molar-refractivity contribution in [1.82, 2.24) is 4.98 Å². The number of aryl methyl sites for hydroxylation is 1. The molecule has 0 spiro atoms. The first-order valence-corrected chi connectivity index (χ1v) is 4.39. The number of hydrogen-bond donors (Lipinski definition) is 1. The second-order valence-electron chi connectivity index (χ2n) is 3.65. The number of carbonyl (C=O) groups is 1. The molecule has 1 aromatic rings. The third-order valence-electron chi connectivity index (χ3n) is 2.48. The Bertz CT molecular complexity index is 349. The van der Waals surface area contributed by atoms with Crippen LogP contribution in [-0.2, 0) is 4.79 Å². The summed E-state index contributed by atoms with van der Waals surface area (Å²) in [5, 5.41) is 0. The van der Waals surface area contributed by atoms with Crippen molar-refractivity contribution in [1.29, 1.82) is 0 Å². The van der Waals surface area contributed by atoms with Crippen LogP contribution in [0, 0.1) is 12.8 Å². The molecule has 2 atom stereocenters. The van der Waals surface area contributed by atoms with Crippen LogP contribution >= 0.6 is 0 Å². The molecule has 2 unspecified atom stereocenters. The van der Waals surface area contributed by atoms with E-state index in [-0.39, 0.29) is 11.8 Å². The van der Waals surface area contributed by atoms with Crippen LogP contribution in [-0.4, -0.2) is 10.9 Å². The third-order valence-corrected chi connectivity index (χ3v) is 2.48. The average molecular weight is 176 g/mol. The van der Waals surface area contributed by atoms with E-state index in [1.807, 2.05) is 19.3 Å². The monoisotopic (exact) mass is 176 g/mol. The fraction of sp³-hybridized carbons (Fsp3) is 0.400. The molecule has 0 bridgehead atoms. The minimum atomic E-state index is -0.188. The van der Waals surface area contributed by atoms with Gasteiger partial charge in [0, 0.05) is 18.3 Å². The largest absolute Gasteiger partial charge is 0.369 e. The van der Waals surface area contributed by atoms with Crippen LogP contribution in [0.25, 0.3) is 0 Å². The zero-order valence-electron chi connectivity index (χ0n) is 7.53. The smallest absolute Gasteiger partial charge is 0.221 e. The summed E-state index contributed by atoms with van der Waals surface area (Å²) in [6.07, 6.45) is 4.52. The van der Waals surface area contributed by atoms with Crippen molar-refractivity contribution in [3.05, 3.63) is 29.6 Å². The lowest BCUT2D eigenvalue weighted by Crippen LogP contribution is -2.13. The Labute approximate surface area is 77.0 Å². The van der Waals surface area contributed by atoms with Crippen molar-refractivity contribution in [2.75, 3.05) is 0 Å². The van der Waals surface area contributed by atoms with E-state index in [9.17, 15) is 4.79 Å². The van der Waals surface area contributed by atoms with Crippen molar-refractivity contribution < 1.29 is 4.79 Å². The molecule has 0 aromatic carbocycles. The predicted octanol–water partition coefficient (Wildman–Crippen LogP) is 0.979. The molecule has 0 radical (unpaired) electrons. The van der Waals surface area contributed by atoms with Gasteiger partial charge in [-0.05, 0) is 30.4 Å². The molecule has 68 valence electrons. The van der Waals surface area contributed by atoms with E-state index >= 15 is 0 Å². The second kappa shape index (κ2) is 2.83. The standard InChI is InChI=1S/C10H12N2O/c1-6-2-7(5-12-4-6)8-3-9(8)10(11)13/h2,4-5,8-9H,3H2,1H3,(H2,11,13). The molecule has 1 aliphatic rings. The third kappa shape index (κ3) is 1.54. The predicted molar refractivity (Wildman–Crippen MR) is 49.0 cm³/mol. The Hall–Kier alpha value is -1.38. The minimum absolute atomic E-state index is 0.0450. The molecular formula is C10H12N2O. The Morgan fingerprint density at radius 3 is 2.92 bits per heavy atom. The summed E-state index contributed by atoms with van der Waals surface area (Å²) < 4.78 is 0. The second-order valence-corrected chi connectivity index (χ2v) is 3.65. The van der Waals surface area contributed by atoms with Crippen LogP contribution in [0.15, 0.2) is 18.5 Å². The van der Waals surface area contributed by atoms with Crippen LogP contribution in [0.3, 0.4) is 0 Å². The van der Waals surface area contributed by atoms with Gasteiger partial charge in [0.2, 0.25) is 5.91 Å². The maximum absolute atomic E-state index is 10.8. The Morgan fingerprint density at radius 2 is 2.38 bits per heavy atom. The average Bonchev–Trinajstić information content (AvgIpc) is 2.82. The number of rotatable bonds is 2. The molecule has 2 rings (SSSR count). The quantitative estimate of drug-likeness (QED) is 0.730. The molecule has 1 saturated carbocycles. The highest BCUT2D eigenvalue weighted by Gasteiger charge is 2.42. The number of amides is 1. The van der Waals surface area contributed by atoms with Crippen LogP contribution in [0.4, 0.5) is 0 Å². The molecule has 3 nitrogen and oxygen atoms in total. The van der Waals surface area contributed by atoms with Gasteiger partial charge in [-0.3, -0.25) is 9.78 Å². The topological polar surface area (TPSA) is 56.0 Å². The molecule has 13 heavy (non-hydrogen) atoms. The Balaban J connectivity index is 2.16. The molecule has 2 N–H and O–H groups in total. The first-order chi connectivity index (χ1) is 6.18. The van der Waals surface area contributed by atoms with E-state index in [2.05, 4.69) is 11.1 Å². The van der Waals surface area contributed by atoms with Crippen molar-refractivity contribution in [3.8, 4) is 0 Å². The van der Waals surface area contributed by atoms with Crippen LogP contribution in [0.1, 0.15) is 23.5 Å². The lowest BCUT2D eigenvalue weighted by atomic mass is 10.1. The van der Waals surface area contributed by atoms with Crippen LogP contribution < -0.4 is 5.73 Å². The van der Waals surface area contributed by atoms with Gasteiger partial charge in [-0.1, -0.05) is 6.07 Å². The zero-order chi connectivity index (χ0) is 9.42. The maximum atomic E-state index is 10.8. The minimum Gasteiger partial charge on any atom is -0.369 e. The zero-order valence-corrected chi connectivity index (χ0v) is 7.53. The summed E-state index contributed by atoms with van der Waals surface area (Å²) in [6.45, 7) is 2.00. The van der Waals surface area contributed by atoms with Crippen LogP contribution in [0.5, 0.6) is 0 Å². The summed E-state index contributed by atoms with van der Waals surface area (Å²) in [7, 11) is 0. The van der Waals surface area contributed by atoms with E-state index in [0.717, 1.165) is 17.5 Å². The molecule has 3 heteroatoms. The first kappa shape index (κ1) is 8.23. The van der Waals surface area contributed by atoms with E-state index in [1.54, 1.807) is 0 Å². The van der Waals surface area contributed by atoms with Gasteiger partial charge in [0.1, 0.15) is 0 Å².